The third-order valence-electron chi connectivity index (χ3n) is 3.48. The molecule has 1 aliphatic rings. The van der Waals surface area contributed by atoms with E-state index < -0.39 is 10.0 Å². The molecule has 1 heterocycles. The van der Waals surface area contributed by atoms with Gasteiger partial charge in [-0.1, -0.05) is 6.92 Å². The molecule has 2 rings (SSSR count). The molecule has 1 saturated carbocycles. The maximum absolute atomic E-state index is 12.3. The van der Waals surface area contributed by atoms with Gasteiger partial charge in [0.15, 0.2) is 0 Å². The quantitative estimate of drug-likeness (QED) is 0.882. The van der Waals surface area contributed by atoms with Gasteiger partial charge in [-0.25, -0.2) is 18.1 Å². The van der Waals surface area contributed by atoms with Gasteiger partial charge in [0, 0.05) is 16.2 Å². The fourth-order valence-corrected chi connectivity index (χ4v) is 4.24. The fraction of sp³-hybridized carbons (Fsp3) is 0.545. The van der Waals surface area contributed by atoms with Crippen molar-refractivity contribution >= 4 is 31.8 Å². The van der Waals surface area contributed by atoms with E-state index in [4.69, 9.17) is 5.73 Å². The zero-order valence-corrected chi connectivity index (χ0v) is 12.5. The number of aromatic nitrogens is 1. The zero-order chi connectivity index (χ0) is 13.4. The van der Waals surface area contributed by atoms with Gasteiger partial charge in [-0.15, -0.1) is 0 Å². The molecule has 0 radical (unpaired) electrons. The average Bonchev–Trinajstić information content (AvgIpc) is 2.27. The summed E-state index contributed by atoms with van der Waals surface area (Å²) in [6, 6.07) is 1.48. The fourth-order valence-electron chi connectivity index (χ4n) is 2.12. The maximum Gasteiger partial charge on any atom is 0.244 e. The summed E-state index contributed by atoms with van der Waals surface area (Å²) in [5.74, 6) is 0.0243. The molecule has 1 aliphatic carbocycles. The number of rotatable bonds is 4. The molecular formula is C11H16BrN3O2S. The van der Waals surface area contributed by atoms with E-state index >= 15 is 0 Å². The Hall–Kier alpha value is -0.660. The van der Waals surface area contributed by atoms with E-state index in [-0.39, 0.29) is 16.3 Å². The predicted octanol–water partition coefficient (Wildman–Crippen LogP) is 2.04. The maximum atomic E-state index is 12.3. The highest BCUT2D eigenvalue weighted by molar-refractivity contribution is 9.10. The van der Waals surface area contributed by atoms with Gasteiger partial charge in [-0.2, -0.15) is 0 Å². The van der Waals surface area contributed by atoms with Gasteiger partial charge >= 0.3 is 0 Å². The van der Waals surface area contributed by atoms with Crippen molar-refractivity contribution in [3.05, 3.63) is 16.7 Å². The summed E-state index contributed by atoms with van der Waals surface area (Å²) < 4.78 is 28.0. The number of hydrogen-bond donors (Lipinski definition) is 2. The van der Waals surface area contributed by atoms with Crippen molar-refractivity contribution in [2.45, 2.75) is 43.0 Å². The first-order chi connectivity index (χ1) is 8.38. The number of nitrogens with zero attached hydrogens (tertiary/aromatic N) is 1. The van der Waals surface area contributed by atoms with Crippen LogP contribution in [0.3, 0.4) is 0 Å². The van der Waals surface area contributed by atoms with Gasteiger partial charge in [0.05, 0.1) is 0 Å². The lowest BCUT2D eigenvalue weighted by atomic mass is 9.76. The molecule has 7 heteroatoms. The molecule has 0 aliphatic heterocycles. The second-order valence-corrected chi connectivity index (χ2v) is 7.20. The first-order valence-corrected chi connectivity index (χ1v) is 8.11. The second kappa shape index (κ2) is 4.79. The average molecular weight is 334 g/mol. The summed E-state index contributed by atoms with van der Waals surface area (Å²) in [5, 5.41) is 0. The van der Waals surface area contributed by atoms with Crippen LogP contribution < -0.4 is 10.5 Å². The topological polar surface area (TPSA) is 85.1 Å². The summed E-state index contributed by atoms with van der Waals surface area (Å²) in [7, 11) is -3.61. The van der Waals surface area contributed by atoms with Crippen molar-refractivity contribution in [2.24, 2.45) is 0 Å². The first kappa shape index (κ1) is 13.8. The lowest BCUT2D eigenvalue weighted by molar-refractivity contribution is 0.214. The Morgan fingerprint density at radius 3 is 2.72 bits per heavy atom. The third kappa shape index (κ3) is 2.53. The molecule has 0 amide bonds. The molecule has 0 aromatic carbocycles. The number of nitrogens with two attached hydrogens (primary N) is 1. The molecule has 0 unspecified atom stereocenters. The number of pyridine rings is 1. The summed E-state index contributed by atoms with van der Waals surface area (Å²) in [5.41, 5.74) is 5.35. The summed E-state index contributed by atoms with van der Waals surface area (Å²) in [4.78, 5) is 3.89. The van der Waals surface area contributed by atoms with E-state index in [1.165, 1.54) is 12.3 Å². The van der Waals surface area contributed by atoms with Crippen LogP contribution in [0.5, 0.6) is 0 Å². The van der Waals surface area contributed by atoms with Crippen molar-refractivity contribution in [1.29, 1.82) is 0 Å². The second-order valence-electron chi connectivity index (χ2n) is 4.63. The van der Waals surface area contributed by atoms with Crippen LogP contribution in [0.15, 0.2) is 21.6 Å². The smallest absolute Gasteiger partial charge is 0.244 e. The van der Waals surface area contributed by atoms with E-state index in [0.29, 0.717) is 4.47 Å². The van der Waals surface area contributed by atoms with Crippen LogP contribution in [0.1, 0.15) is 32.6 Å². The van der Waals surface area contributed by atoms with E-state index in [9.17, 15) is 8.42 Å². The normalized spacial score (nSPS) is 18.3. The van der Waals surface area contributed by atoms with Gasteiger partial charge in [0.1, 0.15) is 10.7 Å². The Bertz CT molecular complexity index is 550. The number of nitrogens with one attached hydrogen (secondary N) is 1. The molecular weight excluding hydrogens is 318 g/mol. The molecule has 3 N–H and O–H groups in total. The van der Waals surface area contributed by atoms with E-state index in [2.05, 4.69) is 25.6 Å². The number of hydrogen-bond acceptors (Lipinski definition) is 4. The highest BCUT2D eigenvalue weighted by Crippen LogP contribution is 2.36. The standard InChI is InChI=1S/C11H16BrN3O2S/c1-2-11(4-3-5-11)15-18(16,17)9-6-8(12)7-14-10(9)13/h6-7,15H,2-5H2,1H3,(H2,13,14). The van der Waals surface area contributed by atoms with E-state index in [1.54, 1.807) is 0 Å². The predicted molar refractivity (Wildman–Crippen MR) is 73.5 cm³/mol. The minimum atomic E-state index is -3.61. The molecule has 0 saturated heterocycles. The van der Waals surface area contributed by atoms with E-state index in [1.807, 2.05) is 6.92 Å². The van der Waals surface area contributed by atoms with Gasteiger partial charge in [0.25, 0.3) is 0 Å². The van der Waals surface area contributed by atoms with Crippen LogP contribution in [-0.4, -0.2) is 18.9 Å². The van der Waals surface area contributed by atoms with Gasteiger partial charge < -0.3 is 5.73 Å². The number of halogens is 1. The molecule has 1 aromatic heterocycles. The molecule has 0 bridgehead atoms. The largest absolute Gasteiger partial charge is 0.383 e. The first-order valence-electron chi connectivity index (χ1n) is 5.83. The summed E-state index contributed by atoms with van der Waals surface area (Å²) in [6.45, 7) is 1.99. The minimum Gasteiger partial charge on any atom is -0.383 e. The third-order valence-corrected chi connectivity index (χ3v) is 5.52. The van der Waals surface area contributed by atoms with Crippen molar-refractivity contribution in [3.8, 4) is 0 Å². The van der Waals surface area contributed by atoms with Gasteiger partial charge in [-0.3, -0.25) is 0 Å². The lowest BCUT2D eigenvalue weighted by Crippen LogP contribution is -2.52. The van der Waals surface area contributed by atoms with Crippen molar-refractivity contribution < 1.29 is 8.42 Å². The van der Waals surface area contributed by atoms with Crippen LogP contribution in [0.25, 0.3) is 0 Å². The van der Waals surface area contributed by atoms with Crippen molar-refractivity contribution in [3.63, 3.8) is 0 Å². The zero-order valence-electron chi connectivity index (χ0n) is 10.1. The Labute approximate surface area is 115 Å². The molecule has 5 nitrogen and oxygen atoms in total. The Morgan fingerprint density at radius 2 is 2.22 bits per heavy atom. The van der Waals surface area contributed by atoms with Crippen LogP contribution >= 0.6 is 15.9 Å². The van der Waals surface area contributed by atoms with Crippen LogP contribution in [-0.2, 0) is 10.0 Å². The molecule has 1 fully saturated rings. The summed E-state index contributed by atoms with van der Waals surface area (Å²) >= 11 is 3.21. The number of nitrogen functional groups attached to an aromatic ring is 1. The van der Waals surface area contributed by atoms with Crippen molar-refractivity contribution in [1.82, 2.24) is 9.71 Å². The molecule has 0 spiro atoms. The summed E-state index contributed by atoms with van der Waals surface area (Å²) in [6.07, 6.45) is 5.08. The number of anilines is 1. The van der Waals surface area contributed by atoms with Crippen molar-refractivity contribution in [2.75, 3.05) is 5.73 Å². The SMILES string of the molecule is CCC1(NS(=O)(=O)c2cc(Br)cnc2N)CCC1. The monoisotopic (exact) mass is 333 g/mol. The minimum absolute atomic E-state index is 0.0243. The molecule has 100 valence electrons. The highest BCUT2D eigenvalue weighted by Gasteiger charge is 2.39. The Balaban J connectivity index is 2.33. The molecule has 18 heavy (non-hydrogen) atoms. The highest BCUT2D eigenvalue weighted by atomic mass is 79.9. The van der Waals surface area contributed by atoms with Gasteiger partial charge in [0.2, 0.25) is 10.0 Å². The van der Waals surface area contributed by atoms with Gasteiger partial charge in [-0.05, 0) is 47.7 Å². The van der Waals surface area contributed by atoms with Crippen LogP contribution in [0.2, 0.25) is 0 Å². The van der Waals surface area contributed by atoms with E-state index in [0.717, 1.165) is 25.7 Å². The number of sulfonamides is 1. The molecule has 1 aromatic rings. The van der Waals surface area contributed by atoms with Crippen LogP contribution in [0.4, 0.5) is 5.82 Å². The Kier molecular flexibility index (Phi) is 3.66. The molecule has 0 atom stereocenters. The Morgan fingerprint density at radius 1 is 1.56 bits per heavy atom. The lowest BCUT2D eigenvalue weighted by Gasteiger charge is -2.41. The van der Waals surface area contributed by atoms with Crippen LogP contribution in [0, 0.1) is 0 Å².